The van der Waals surface area contributed by atoms with Gasteiger partial charge in [-0.2, -0.15) is 13.2 Å². The summed E-state index contributed by atoms with van der Waals surface area (Å²) in [5, 5.41) is 4.44. The fourth-order valence-electron chi connectivity index (χ4n) is 2.96. The molecule has 0 aliphatic carbocycles. The van der Waals surface area contributed by atoms with Crippen LogP contribution in [0.5, 0.6) is 0 Å². The second-order valence-electron chi connectivity index (χ2n) is 7.22. The van der Waals surface area contributed by atoms with Gasteiger partial charge in [-0.05, 0) is 23.6 Å². The summed E-state index contributed by atoms with van der Waals surface area (Å²) in [6.07, 6.45) is -5.11. The number of pyridine rings is 1. The molecule has 0 saturated carbocycles. The minimum Gasteiger partial charge on any atom is -0.344 e. The van der Waals surface area contributed by atoms with Crippen molar-refractivity contribution in [1.29, 1.82) is 0 Å². The van der Waals surface area contributed by atoms with Gasteiger partial charge in [0.1, 0.15) is 12.2 Å². The van der Waals surface area contributed by atoms with Crippen LogP contribution in [0.2, 0.25) is 0 Å². The molecular formula is C21H22F3N3O4. The lowest BCUT2D eigenvalue weighted by Crippen LogP contribution is -2.50. The van der Waals surface area contributed by atoms with Crippen LogP contribution in [0, 0.1) is 5.92 Å². The van der Waals surface area contributed by atoms with Crippen molar-refractivity contribution in [2.45, 2.75) is 39.5 Å². The number of aromatic nitrogens is 1. The van der Waals surface area contributed by atoms with Crippen LogP contribution in [0.3, 0.4) is 0 Å². The number of hydrogen-bond donors (Lipinski definition) is 2. The van der Waals surface area contributed by atoms with Crippen molar-refractivity contribution in [3.05, 3.63) is 52.8 Å². The Labute approximate surface area is 176 Å². The van der Waals surface area contributed by atoms with Crippen LogP contribution < -0.4 is 16.2 Å². The third-order valence-corrected chi connectivity index (χ3v) is 4.40. The number of rotatable bonds is 7. The summed E-state index contributed by atoms with van der Waals surface area (Å²) >= 11 is 0. The number of benzene rings is 1. The average molecular weight is 437 g/mol. The van der Waals surface area contributed by atoms with Gasteiger partial charge in [0, 0.05) is 6.92 Å². The highest BCUT2D eigenvalue weighted by Crippen LogP contribution is 2.22. The molecule has 1 atom stereocenters. The quantitative estimate of drug-likeness (QED) is 0.696. The number of halogens is 3. The predicted molar refractivity (Wildman–Crippen MR) is 108 cm³/mol. The normalized spacial score (nSPS) is 12.4. The topological polar surface area (TPSA) is 97.3 Å². The standard InChI is InChI=1S/C21H22F3N3O4/c1-12(2)18(19(30)21(22,23)24)26-17(29)11-27-16(14-7-5-4-6-8-14)10-9-15(20(27)31)25-13(3)28/h4-10,12,18H,11H2,1-3H3,(H,25,28)(H,26,29). The molecule has 166 valence electrons. The maximum atomic E-state index is 12.9. The predicted octanol–water partition coefficient (Wildman–Crippen LogP) is 2.75. The van der Waals surface area contributed by atoms with E-state index >= 15 is 0 Å². The monoisotopic (exact) mass is 437 g/mol. The zero-order valence-corrected chi connectivity index (χ0v) is 17.1. The van der Waals surface area contributed by atoms with E-state index in [0.29, 0.717) is 11.3 Å². The largest absolute Gasteiger partial charge is 0.452 e. The zero-order chi connectivity index (χ0) is 23.3. The number of carbonyl (C=O) groups excluding carboxylic acids is 3. The molecule has 0 radical (unpaired) electrons. The van der Waals surface area contributed by atoms with Crippen LogP contribution in [0.15, 0.2) is 47.3 Å². The van der Waals surface area contributed by atoms with E-state index in [4.69, 9.17) is 0 Å². The second kappa shape index (κ2) is 9.59. The summed E-state index contributed by atoms with van der Waals surface area (Å²) < 4.78 is 39.6. The van der Waals surface area contributed by atoms with Gasteiger partial charge in [-0.25, -0.2) is 0 Å². The van der Waals surface area contributed by atoms with E-state index < -0.39 is 47.8 Å². The van der Waals surface area contributed by atoms with E-state index in [2.05, 4.69) is 10.6 Å². The Hall–Kier alpha value is -3.43. The minimum absolute atomic E-state index is 0.0910. The van der Waals surface area contributed by atoms with Crippen LogP contribution >= 0.6 is 0 Å². The van der Waals surface area contributed by atoms with Crippen LogP contribution in [-0.2, 0) is 20.9 Å². The molecule has 0 saturated heterocycles. The number of nitrogens with one attached hydrogen (secondary N) is 2. The van der Waals surface area contributed by atoms with Gasteiger partial charge >= 0.3 is 6.18 Å². The van der Waals surface area contributed by atoms with Crippen LogP contribution in [0.25, 0.3) is 11.3 Å². The average Bonchev–Trinajstić information content (AvgIpc) is 2.68. The molecular weight excluding hydrogens is 415 g/mol. The lowest BCUT2D eigenvalue weighted by molar-refractivity contribution is -0.174. The maximum absolute atomic E-state index is 12.9. The summed E-state index contributed by atoms with van der Waals surface area (Å²) in [7, 11) is 0. The zero-order valence-electron chi connectivity index (χ0n) is 17.1. The van der Waals surface area contributed by atoms with Crippen molar-refractivity contribution in [2.75, 3.05) is 5.32 Å². The number of carbonyl (C=O) groups is 3. The van der Waals surface area contributed by atoms with Crippen molar-refractivity contribution in [3.63, 3.8) is 0 Å². The molecule has 2 rings (SSSR count). The highest BCUT2D eigenvalue weighted by Gasteiger charge is 2.45. The number of hydrogen-bond acceptors (Lipinski definition) is 4. The molecule has 10 heteroatoms. The molecule has 1 aromatic heterocycles. The van der Waals surface area contributed by atoms with E-state index in [1.807, 2.05) is 0 Å². The molecule has 2 amide bonds. The molecule has 1 heterocycles. The van der Waals surface area contributed by atoms with Crippen molar-refractivity contribution >= 4 is 23.3 Å². The van der Waals surface area contributed by atoms with Crippen molar-refractivity contribution in [1.82, 2.24) is 9.88 Å². The second-order valence-corrected chi connectivity index (χ2v) is 7.22. The van der Waals surface area contributed by atoms with E-state index in [9.17, 15) is 32.3 Å². The molecule has 2 N–H and O–H groups in total. The smallest absolute Gasteiger partial charge is 0.344 e. The Balaban J connectivity index is 2.43. The fourth-order valence-corrected chi connectivity index (χ4v) is 2.96. The Morgan fingerprint density at radius 2 is 1.65 bits per heavy atom. The number of Topliss-reactive ketones (excluding diaryl/α,β-unsaturated/α-hetero) is 1. The summed E-state index contributed by atoms with van der Waals surface area (Å²) in [6.45, 7) is 3.30. The molecule has 31 heavy (non-hydrogen) atoms. The molecule has 7 nitrogen and oxygen atoms in total. The van der Waals surface area contributed by atoms with E-state index in [1.54, 1.807) is 30.3 Å². The van der Waals surface area contributed by atoms with Gasteiger partial charge in [0.2, 0.25) is 11.8 Å². The van der Waals surface area contributed by atoms with E-state index in [0.717, 1.165) is 4.57 Å². The lowest BCUT2D eigenvalue weighted by atomic mass is 9.99. The third-order valence-electron chi connectivity index (χ3n) is 4.40. The lowest BCUT2D eigenvalue weighted by Gasteiger charge is -2.23. The number of nitrogens with zero attached hydrogens (tertiary/aromatic N) is 1. The Bertz CT molecular complexity index is 1030. The summed E-state index contributed by atoms with van der Waals surface area (Å²) in [5.74, 6) is -4.35. The molecule has 0 fully saturated rings. The Kier molecular flexibility index (Phi) is 7.37. The number of alkyl halides is 3. The van der Waals surface area contributed by atoms with Gasteiger partial charge in [-0.3, -0.25) is 23.7 Å². The highest BCUT2D eigenvalue weighted by molar-refractivity contribution is 5.93. The van der Waals surface area contributed by atoms with Gasteiger partial charge in [-0.1, -0.05) is 44.2 Å². The summed E-state index contributed by atoms with van der Waals surface area (Å²) in [5.41, 5.74) is 0.0911. The van der Waals surface area contributed by atoms with E-state index in [-0.39, 0.29) is 5.69 Å². The first kappa shape index (κ1) is 23.8. The first-order valence-corrected chi connectivity index (χ1v) is 9.39. The fraction of sp³-hybridized carbons (Fsp3) is 0.333. The van der Waals surface area contributed by atoms with E-state index in [1.165, 1.54) is 32.9 Å². The van der Waals surface area contributed by atoms with Crippen LogP contribution in [0.4, 0.5) is 18.9 Å². The number of ketones is 1. The number of anilines is 1. The van der Waals surface area contributed by atoms with Gasteiger partial charge in [0.05, 0.1) is 11.7 Å². The van der Waals surface area contributed by atoms with Crippen molar-refractivity contribution in [3.8, 4) is 11.3 Å². The molecule has 1 unspecified atom stereocenters. The molecule has 0 aliphatic heterocycles. The minimum atomic E-state index is -5.11. The molecule has 2 aromatic rings. The molecule has 0 bridgehead atoms. The van der Waals surface area contributed by atoms with Crippen molar-refractivity contribution < 1.29 is 27.6 Å². The molecule has 0 aliphatic rings. The third kappa shape index (κ3) is 6.03. The van der Waals surface area contributed by atoms with Gasteiger partial charge in [0.25, 0.3) is 11.3 Å². The molecule has 1 aromatic carbocycles. The van der Waals surface area contributed by atoms with Gasteiger partial charge in [0.15, 0.2) is 0 Å². The molecule has 0 spiro atoms. The Morgan fingerprint density at radius 3 is 2.16 bits per heavy atom. The van der Waals surface area contributed by atoms with Crippen LogP contribution in [-0.4, -0.2) is 34.4 Å². The summed E-state index contributed by atoms with van der Waals surface area (Å²) in [4.78, 5) is 48.4. The first-order valence-electron chi connectivity index (χ1n) is 9.39. The maximum Gasteiger partial charge on any atom is 0.452 e. The van der Waals surface area contributed by atoms with Crippen molar-refractivity contribution in [2.24, 2.45) is 5.92 Å². The van der Waals surface area contributed by atoms with Gasteiger partial charge < -0.3 is 10.6 Å². The number of amides is 2. The van der Waals surface area contributed by atoms with Crippen LogP contribution in [0.1, 0.15) is 20.8 Å². The Morgan fingerprint density at radius 1 is 1.03 bits per heavy atom. The summed E-state index contributed by atoms with van der Waals surface area (Å²) in [6, 6.07) is 9.64. The SMILES string of the molecule is CC(=O)Nc1ccc(-c2ccccc2)n(CC(=O)NC(C(=O)C(F)(F)F)C(C)C)c1=O. The first-order chi connectivity index (χ1) is 14.4. The van der Waals surface area contributed by atoms with Gasteiger partial charge in [-0.15, -0.1) is 0 Å². The highest BCUT2D eigenvalue weighted by atomic mass is 19.4.